The van der Waals surface area contributed by atoms with E-state index in [4.69, 9.17) is 11.6 Å². The zero-order valence-electron chi connectivity index (χ0n) is 15.3. The normalized spacial score (nSPS) is 16.5. The Bertz CT molecular complexity index is 671. The summed E-state index contributed by atoms with van der Waals surface area (Å²) in [5.74, 6) is 0.00973. The first-order chi connectivity index (χ1) is 12.4. The van der Waals surface area contributed by atoms with Crippen molar-refractivity contribution in [2.24, 2.45) is 0 Å². The zero-order chi connectivity index (χ0) is 19.0. The maximum atomic E-state index is 12.6. The van der Waals surface area contributed by atoms with Crippen molar-refractivity contribution in [1.29, 1.82) is 0 Å². The monoisotopic (exact) mass is 401 g/mol. The topological polar surface area (TPSA) is 69.7 Å². The Kier molecular flexibility index (Phi) is 8.34. The molecule has 1 N–H and O–H groups in total. The quantitative estimate of drug-likeness (QED) is 0.645. The number of nitrogens with zero attached hydrogens (tertiary/aromatic N) is 2. The van der Waals surface area contributed by atoms with Crippen LogP contribution in [-0.2, 0) is 14.8 Å². The van der Waals surface area contributed by atoms with Gasteiger partial charge in [-0.25, -0.2) is 8.42 Å². The van der Waals surface area contributed by atoms with Crippen molar-refractivity contribution in [2.45, 2.75) is 37.5 Å². The van der Waals surface area contributed by atoms with Gasteiger partial charge in [0.25, 0.3) is 0 Å². The van der Waals surface area contributed by atoms with E-state index >= 15 is 0 Å². The van der Waals surface area contributed by atoms with Crippen molar-refractivity contribution in [3.05, 3.63) is 29.3 Å². The Morgan fingerprint density at radius 1 is 1.08 bits per heavy atom. The molecule has 1 aromatic rings. The lowest BCUT2D eigenvalue weighted by molar-refractivity contribution is -0.122. The van der Waals surface area contributed by atoms with E-state index in [1.165, 1.54) is 29.3 Å². The summed E-state index contributed by atoms with van der Waals surface area (Å²) in [4.78, 5) is 14.2. The molecule has 0 bridgehead atoms. The molecular weight excluding hydrogens is 374 g/mol. The molecule has 2 rings (SSSR count). The van der Waals surface area contributed by atoms with E-state index in [9.17, 15) is 13.2 Å². The summed E-state index contributed by atoms with van der Waals surface area (Å²) in [6.45, 7) is 5.06. The molecule has 1 aliphatic rings. The Hall–Kier alpha value is -1.15. The summed E-state index contributed by atoms with van der Waals surface area (Å²) in [7, 11) is -3.51. The number of unbranched alkanes of at least 4 members (excludes halogenated alkanes) is 3. The first-order valence-electron chi connectivity index (χ1n) is 9.18. The smallest absolute Gasteiger partial charge is 0.243 e. The Balaban J connectivity index is 1.76. The number of nitrogens with one attached hydrogen (secondary N) is 1. The molecule has 0 unspecified atom stereocenters. The van der Waals surface area contributed by atoms with Crippen LogP contribution in [0.5, 0.6) is 0 Å². The van der Waals surface area contributed by atoms with Crippen LogP contribution in [-0.4, -0.2) is 62.8 Å². The van der Waals surface area contributed by atoms with Gasteiger partial charge in [0, 0.05) is 37.7 Å². The summed E-state index contributed by atoms with van der Waals surface area (Å²) in [5, 5.41) is 3.45. The molecule has 26 heavy (non-hydrogen) atoms. The molecule has 0 spiro atoms. The van der Waals surface area contributed by atoms with Crippen molar-refractivity contribution in [1.82, 2.24) is 14.5 Å². The average molecular weight is 402 g/mol. The highest BCUT2D eigenvalue weighted by molar-refractivity contribution is 7.89. The number of piperazine rings is 1. The lowest BCUT2D eigenvalue weighted by Gasteiger charge is -2.33. The molecule has 0 radical (unpaired) electrons. The number of carbonyl (C=O) groups excluding carboxylic acids is 1. The molecule has 8 heteroatoms. The van der Waals surface area contributed by atoms with Gasteiger partial charge in [0.15, 0.2) is 0 Å². The molecule has 1 aliphatic heterocycles. The zero-order valence-corrected chi connectivity index (χ0v) is 16.9. The minimum absolute atomic E-state index is 0.00973. The molecule has 0 aromatic heterocycles. The lowest BCUT2D eigenvalue weighted by Crippen LogP contribution is -2.51. The Labute approximate surface area is 161 Å². The minimum atomic E-state index is -3.51. The second kappa shape index (κ2) is 10.3. The summed E-state index contributed by atoms with van der Waals surface area (Å²) in [6.07, 6.45) is 4.52. The number of rotatable bonds is 9. The molecule has 1 fully saturated rings. The van der Waals surface area contributed by atoms with Gasteiger partial charge in [0.2, 0.25) is 15.9 Å². The van der Waals surface area contributed by atoms with E-state index in [-0.39, 0.29) is 10.8 Å². The average Bonchev–Trinajstić information content (AvgIpc) is 2.62. The highest BCUT2D eigenvalue weighted by Crippen LogP contribution is 2.19. The van der Waals surface area contributed by atoms with Gasteiger partial charge in [-0.1, -0.05) is 37.8 Å². The standard InChI is InChI=1S/C18H28ClN3O3S/c1-2-3-4-5-10-20-18(23)15-21-11-13-22(14-12-21)26(24,25)17-8-6-16(19)7-9-17/h6-9H,2-5,10-15H2,1H3,(H,20,23). The number of amides is 1. The van der Waals surface area contributed by atoms with Crippen LogP contribution in [0.25, 0.3) is 0 Å². The summed E-state index contributed by atoms with van der Waals surface area (Å²) in [5.41, 5.74) is 0. The second-order valence-corrected chi connectivity index (χ2v) is 8.92. The molecule has 1 aromatic carbocycles. The number of benzene rings is 1. The highest BCUT2D eigenvalue weighted by atomic mass is 35.5. The van der Waals surface area contributed by atoms with Crippen molar-refractivity contribution in [3.63, 3.8) is 0 Å². The predicted octanol–water partition coefficient (Wildman–Crippen LogP) is 2.34. The van der Waals surface area contributed by atoms with E-state index in [2.05, 4.69) is 12.2 Å². The third-order valence-corrected chi connectivity index (χ3v) is 6.67. The first kappa shape index (κ1) is 21.2. The van der Waals surface area contributed by atoms with Crippen molar-refractivity contribution in [2.75, 3.05) is 39.3 Å². The predicted molar refractivity (Wildman–Crippen MR) is 104 cm³/mol. The Morgan fingerprint density at radius 3 is 2.35 bits per heavy atom. The number of sulfonamides is 1. The van der Waals surface area contributed by atoms with Crippen LogP contribution < -0.4 is 5.32 Å². The molecule has 1 amide bonds. The number of hydrogen-bond donors (Lipinski definition) is 1. The molecular formula is C18H28ClN3O3S. The molecule has 0 saturated carbocycles. The molecule has 1 saturated heterocycles. The molecule has 1 heterocycles. The summed E-state index contributed by atoms with van der Waals surface area (Å²) < 4.78 is 26.7. The maximum absolute atomic E-state index is 12.6. The molecule has 6 nitrogen and oxygen atoms in total. The molecule has 0 atom stereocenters. The van der Waals surface area contributed by atoms with Gasteiger partial charge in [0.05, 0.1) is 11.4 Å². The third kappa shape index (κ3) is 6.23. The fourth-order valence-corrected chi connectivity index (χ4v) is 4.47. The van der Waals surface area contributed by atoms with E-state index in [0.29, 0.717) is 44.3 Å². The maximum Gasteiger partial charge on any atom is 0.243 e. The van der Waals surface area contributed by atoms with Crippen LogP contribution in [0.4, 0.5) is 0 Å². The summed E-state index contributed by atoms with van der Waals surface area (Å²) in [6, 6.07) is 6.21. The largest absolute Gasteiger partial charge is 0.355 e. The summed E-state index contributed by atoms with van der Waals surface area (Å²) >= 11 is 5.82. The minimum Gasteiger partial charge on any atom is -0.355 e. The van der Waals surface area contributed by atoms with Gasteiger partial charge in [-0.05, 0) is 30.7 Å². The van der Waals surface area contributed by atoms with Crippen LogP contribution in [0.15, 0.2) is 29.2 Å². The first-order valence-corrected chi connectivity index (χ1v) is 11.0. The van der Waals surface area contributed by atoms with Gasteiger partial charge in [-0.3, -0.25) is 9.69 Å². The van der Waals surface area contributed by atoms with Crippen molar-refractivity contribution in [3.8, 4) is 0 Å². The third-order valence-electron chi connectivity index (χ3n) is 4.50. The van der Waals surface area contributed by atoms with Gasteiger partial charge in [-0.15, -0.1) is 0 Å². The van der Waals surface area contributed by atoms with Crippen LogP contribution >= 0.6 is 11.6 Å². The Morgan fingerprint density at radius 2 is 1.73 bits per heavy atom. The van der Waals surface area contributed by atoms with E-state index in [1.54, 1.807) is 12.1 Å². The van der Waals surface area contributed by atoms with Crippen molar-refractivity contribution >= 4 is 27.5 Å². The van der Waals surface area contributed by atoms with E-state index in [0.717, 1.165) is 12.8 Å². The van der Waals surface area contributed by atoms with Crippen molar-refractivity contribution < 1.29 is 13.2 Å². The fraction of sp³-hybridized carbons (Fsp3) is 0.611. The van der Waals surface area contributed by atoms with Crippen LogP contribution in [0, 0.1) is 0 Å². The van der Waals surface area contributed by atoms with Crippen LogP contribution in [0.2, 0.25) is 5.02 Å². The molecule has 146 valence electrons. The number of carbonyl (C=O) groups is 1. The highest BCUT2D eigenvalue weighted by Gasteiger charge is 2.28. The van der Waals surface area contributed by atoms with Crippen LogP contribution in [0.3, 0.4) is 0 Å². The van der Waals surface area contributed by atoms with Crippen LogP contribution in [0.1, 0.15) is 32.6 Å². The molecule has 0 aliphatic carbocycles. The second-order valence-electron chi connectivity index (χ2n) is 6.54. The van der Waals surface area contributed by atoms with E-state index < -0.39 is 10.0 Å². The number of hydrogen-bond acceptors (Lipinski definition) is 4. The van der Waals surface area contributed by atoms with Gasteiger partial charge in [0.1, 0.15) is 0 Å². The fourth-order valence-electron chi connectivity index (χ4n) is 2.92. The lowest BCUT2D eigenvalue weighted by atomic mass is 10.2. The van der Waals surface area contributed by atoms with Gasteiger partial charge >= 0.3 is 0 Å². The SMILES string of the molecule is CCCCCCNC(=O)CN1CCN(S(=O)(=O)c2ccc(Cl)cc2)CC1. The van der Waals surface area contributed by atoms with Gasteiger partial charge < -0.3 is 5.32 Å². The van der Waals surface area contributed by atoms with Gasteiger partial charge in [-0.2, -0.15) is 4.31 Å². The number of halogens is 1. The van der Waals surface area contributed by atoms with E-state index in [1.807, 2.05) is 4.90 Å².